The van der Waals surface area contributed by atoms with Gasteiger partial charge in [0.15, 0.2) is 0 Å². The van der Waals surface area contributed by atoms with Gasteiger partial charge >= 0.3 is 0 Å². The number of benzene rings is 1. The van der Waals surface area contributed by atoms with Gasteiger partial charge in [-0.25, -0.2) is 8.42 Å². The van der Waals surface area contributed by atoms with E-state index in [2.05, 4.69) is 45.1 Å². The monoisotopic (exact) mass is 297 g/mol. The number of sulfone groups is 1. The van der Waals surface area contributed by atoms with Crippen LogP contribution in [0.2, 0.25) is 0 Å². The minimum Gasteiger partial charge on any atom is -0.310 e. The van der Waals surface area contributed by atoms with E-state index < -0.39 is 9.84 Å². The topological polar surface area (TPSA) is 46.2 Å². The van der Waals surface area contributed by atoms with Gasteiger partial charge in [-0.1, -0.05) is 24.6 Å². The van der Waals surface area contributed by atoms with Crippen LogP contribution in [0.3, 0.4) is 0 Å². The summed E-state index contributed by atoms with van der Waals surface area (Å²) in [5.41, 5.74) is 4.99. The fourth-order valence-corrected chi connectivity index (χ4v) is 3.40. The first-order valence-electron chi connectivity index (χ1n) is 7.23. The summed E-state index contributed by atoms with van der Waals surface area (Å²) in [4.78, 5) is 0. The van der Waals surface area contributed by atoms with Crippen LogP contribution in [-0.2, 0) is 9.84 Å². The lowest BCUT2D eigenvalue weighted by Gasteiger charge is -2.23. The van der Waals surface area contributed by atoms with Crippen LogP contribution in [0.4, 0.5) is 0 Å². The fourth-order valence-electron chi connectivity index (χ4n) is 2.74. The normalized spacial score (nSPS) is 13.4. The Balaban J connectivity index is 3.04. The lowest BCUT2D eigenvalue weighted by Crippen LogP contribution is -2.26. The highest BCUT2D eigenvalue weighted by atomic mass is 32.2. The quantitative estimate of drug-likeness (QED) is 0.841. The molecule has 3 nitrogen and oxygen atoms in total. The molecule has 0 heterocycles. The van der Waals surface area contributed by atoms with Crippen LogP contribution in [0.5, 0.6) is 0 Å². The van der Waals surface area contributed by atoms with Crippen molar-refractivity contribution in [2.45, 2.75) is 46.6 Å². The molecule has 1 atom stereocenters. The molecule has 114 valence electrons. The average Bonchev–Trinajstić information content (AvgIpc) is 2.29. The van der Waals surface area contributed by atoms with E-state index in [0.717, 1.165) is 13.0 Å². The second-order valence-corrected chi connectivity index (χ2v) is 8.00. The van der Waals surface area contributed by atoms with E-state index in [1.54, 1.807) is 0 Å². The Morgan fingerprint density at radius 1 is 1.15 bits per heavy atom. The molecule has 0 bridgehead atoms. The standard InChI is InChI=1S/C16H27NO2S/c1-6-8-17-15(7-9-20(5,18)19)16-13(3)10-12(2)11-14(16)4/h10-11,15,17H,6-9H2,1-5H3. The Bertz CT molecular complexity index is 527. The van der Waals surface area contributed by atoms with Crippen molar-refractivity contribution >= 4 is 9.84 Å². The van der Waals surface area contributed by atoms with Crippen LogP contribution in [0.1, 0.15) is 48.1 Å². The molecule has 0 radical (unpaired) electrons. The first-order valence-corrected chi connectivity index (χ1v) is 9.29. The second kappa shape index (κ2) is 7.23. The zero-order valence-corrected chi connectivity index (χ0v) is 14.1. The van der Waals surface area contributed by atoms with Crippen molar-refractivity contribution in [3.63, 3.8) is 0 Å². The van der Waals surface area contributed by atoms with E-state index in [0.29, 0.717) is 6.42 Å². The number of hydrogen-bond acceptors (Lipinski definition) is 3. The maximum Gasteiger partial charge on any atom is 0.147 e. The van der Waals surface area contributed by atoms with E-state index in [1.807, 2.05) is 0 Å². The molecule has 1 rings (SSSR count). The van der Waals surface area contributed by atoms with Crippen molar-refractivity contribution in [1.82, 2.24) is 5.32 Å². The van der Waals surface area contributed by atoms with Gasteiger partial charge in [0.25, 0.3) is 0 Å². The molecule has 20 heavy (non-hydrogen) atoms. The third-order valence-electron chi connectivity index (χ3n) is 3.50. The molecule has 0 aromatic heterocycles. The van der Waals surface area contributed by atoms with E-state index >= 15 is 0 Å². The summed E-state index contributed by atoms with van der Waals surface area (Å²) >= 11 is 0. The Morgan fingerprint density at radius 3 is 2.15 bits per heavy atom. The molecule has 0 saturated carbocycles. The predicted octanol–water partition coefficient (Wildman–Crippen LogP) is 3.09. The van der Waals surface area contributed by atoms with Crippen molar-refractivity contribution in [3.8, 4) is 0 Å². The summed E-state index contributed by atoms with van der Waals surface area (Å²) in [5.74, 6) is 0.223. The third-order valence-corrected chi connectivity index (χ3v) is 4.48. The van der Waals surface area contributed by atoms with Gasteiger partial charge in [0.2, 0.25) is 0 Å². The highest BCUT2D eigenvalue weighted by Gasteiger charge is 2.18. The Labute approximate surface area is 123 Å². The fraction of sp³-hybridized carbons (Fsp3) is 0.625. The van der Waals surface area contributed by atoms with E-state index in [-0.39, 0.29) is 11.8 Å². The van der Waals surface area contributed by atoms with Crippen LogP contribution in [0, 0.1) is 20.8 Å². The molecular formula is C16H27NO2S. The van der Waals surface area contributed by atoms with Gasteiger partial charge in [-0.2, -0.15) is 0 Å². The van der Waals surface area contributed by atoms with Crippen LogP contribution in [0.25, 0.3) is 0 Å². The Hall–Kier alpha value is -0.870. The lowest BCUT2D eigenvalue weighted by molar-refractivity contribution is 0.509. The number of rotatable bonds is 7. The van der Waals surface area contributed by atoms with Gasteiger partial charge in [0, 0.05) is 12.3 Å². The van der Waals surface area contributed by atoms with E-state index in [1.165, 1.54) is 28.5 Å². The average molecular weight is 297 g/mol. The number of nitrogens with one attached hydrogen (secondary N) is 1. The van der Waals surface area contributed by atoms with Gasteiger partial charge in [-0.3, -0.25) is 0 Å². The SMILES string of the molecule is CCCNC(CCS(C)(=O)=O)c1c(C)cc(C)cc1C. The van der Waals surface area contributed by atoms with Crippen molar-refractivity contribution in [1.29, 1.82) is 0 Å². The van der Waals surface area contributed by atoms with Gasteiger partial charge in [0.05, 0.1) is 5.75 Å². The molecule has 1 unspecified atom stereocenters. The van der Waals surface area contributed by atoms with Gasteiger partial charge < -0.3 is 5.32 Å². The molecule has 0 aliphatic rings. The summed E-state index contributed by atoms with van der Waals surface area (Å²) in [6.45, 7) is 9.33. The minimum atomic E-state index is -2.93. The Kier molecular flexibility index (Phi) is 6.21. The van der Waals surface area contributed by atoms with E-state index in [9.17, 15) is 8.42 Å². The van der Waals surface area contributed by atoms with Crippen LogP contribution in [0.15, 0.2) is 12.1 Å². The lowest BCUT2D eigenvalue weighted by atomic mass is 9.92. The first kappa shape index (κ1) is 17.2. The molecule has 0 aliphatic carbocycles. The van der Waals surface area contributed by atoms with Crippen molar-refractivity contribution in [2.24, 2.45) is 0 Å². The van der Waals surface area contributed by atoms with Gasteiger partial charge in [-0.05, 0) is 56.8 Å². The summed E-state index contributed by atoms with van der Waals surface area (Å²) in [7, 11) is -2.93. The number of aryl methyl sites for hydroxylation is 3. The highest BCUT2D eigenvalue weighted by molar-refractivity contribution is 7.90. The van der Waals surface area contributed by atoms with Crippen LogP contribution in [-0.4, -0.2) is 27.0 Å². The molecule has 4 heteroatoms. The van der Waals surface area contributed by atoms with Crippen molar-refractivity contribution < 1.29 is 8.42 Å². The minimum absolute atomic E-state index is 0.116. The van der Waals surface area contributed by atoms with Crippen molar-refractivity contribution in [3.05, 3.63) is 34.4 Å². The maximum absolute atomic E-state index is 11.4. The predicted molar refractivity (Wildman–Crippen MR) is 86.0 cm³/mol. The summed E-state index contributed by atoms with van der Waals surface area (Å²) in [5, 5.41) is 3.49. The maximum atomic E-state index is 11.4. The molecule has 1 aromatic rings. The first-order chi connectivity index (χ1) is 9.24. The Morgan fingerprint density at radius 2 is 1.70 bits per heavy atom. The highest BCUT2D eigenvalue weighted by Crippen LogP contribution is 2.26. The molecule has 0 amide bonds. The third kappa shape index (κ3) is 5.25. The number of hydrogen-bond donors (Lipinski definition) is 1. The van der Waals surface area contributed by atoms with Crippen LogP contribution < -0.4 is 5.32 Å². The molecule has 0 fully saturated rings. The van der Waals surface area contributed by atoms with Crippen molar-refractivity contribution in [2.75, 3.05) is 18.6 Å². The molecule has 1 aromatic carbocycles. The largest absolute Gasteiger partial charge is 0.310 e. The zero-order valence-electron chi connectivity index (χ0n) is 13.3. The van der Waals surface area contributed by atoms with Crippen LogP contribution >= 0.6 is 0 Å². The summed E-state index contributed by atoms with van der Waals surface area (Å²) in [6.07, 6.45) is 2.97. The van der Waals surface area contributed by atoms with E-state index in [4.69, 9.17) is 0 Å². The summed E-state index contributed by atoms with van der Waals surface area (Å²) in [6, 6.07) is 4.46. The molecule has 1 N–H and O–H groups in total. The summed E-state index contributed by atoms with van der Waals surface area (Å²) < 4.78 is 22.9. The molecule has 0 saturated heterocycles. The smallest absolute Gasteiger partial charge is 0.147 e. The zero-order chi connectivity index (χ0) is 15.3. The second-order valence-electron chi connectivity index (χ2n) is 5.74. The molecule has 0 spiro atoms. The van der Waals surface area contributed by atoms with Gasteiger partial charge in [0.1, 0.15) is 9.84 Å². The molecular weight excluding hydrogens is 270 g/mol. The van der Waals surface area contributed by atoms with Gasteiger partial charge in [-0.15, -0.1) is 0 Å². The molecule has 0 aliphatic heterocycles.